The Morgan fingerprint density at radius 1 is 1.19 bits per heavy atom. The van der Waals surface area contributed by atoms with Gasteiger partial charge >= 0.3 is 6.61 Å². The average molecular weight is 373 g/mol. The number of fused-ring (bicyclic) bond motifs is 1. The SMILES string of the molecule is CCN1C(=O)/C(=N/N=C\c2ccc(OC)c(OC(F)F)c2)c2ccccc21. The number of alkyl halides is 2. The van der Waals surface area contributed by atoms with Crippen LogP contribution in [0.25, 0.3) is 0 Å². The highest BCUT2D eigenvalue weighted by molar-refractivity contribution is 6.54. The molecule has 1 amide bonds. The fraction of sp³-hybridized carbons (Fsp3) is 0.211. The first kappa shape index (κ1) is 18.5. The summed E-state index contributed by atoms with van der Waals surface area (Å²) in [5.41, 5.74) is 2.21. The summed E-state index contributed by atoms with van der Waals surface area (Å²) in [5.74, 6) is -0.159. The molecular formula is C19H17F2N3O3. The predicted molar refractivity (Wildman–Crippen MR) is 98.2 cm³/mol. The lowest BCUT2D eigenvalue weighted by atomic mass is 10.1. The largest absolute Gasteiger partial charge is 0.493 e. The van der Waals surface area contributed by atoms with Crippen LogP contribution in [-0.2, 0) is 4.79 Å². The Kier molecular flexibility index (Phi) is 5.44. The molecule has 0 radical (unpaired) electrons. The monoisotopic (exact) mass is 373 g/mol. The number of ether oxygens (including phenoxy) is 2. The number of rotatable bonds is 6. The number of likely N-dealkylation sites (N-methyl/N-ethyl adjacent to an activating group) is 1. The molecule has 2 aromatic carbocycles. The molecule has 0 spiro atoms. The maximum atomic E-state index is 12.5. The summed E-state index contributed by atoms with van der Waals surface area (Å²) in [5, 5.41) is 8.00. The van der Waals surface area contributed by atoms with Crippen molar-refractivity contribution < 1.29 is 23.0 Å². The van der Waals surface area contributed by atoms with Crippen LogP contribution in [-0.4, -0.2) is 38.1 Å². The third-order valence-corrected chi connectivity index (χ3v) is 3.98. The van der Waals surface area contributed by atoms with E-state index in [2.05, 4.69) is 14.9 Å². The molecule has 1 aliphatic rings. The van der Waals surface area contributed by atoms with Crippen LogP contribution in [0.2, 0.25) is 0 Å². The van der Waals surface area contributed by atoms with Crippen molar-refractivity contribution in [1.82, 2.24) is 0 Å². The van der Waals surface area contributed by atoms with Crippen LogP contribution in [0.4, 0.5) is 14.5 Å². The lowest BCUT2D eigenvalue weighted by Crippen LogP contribution is -2.29. The van der Waals surface area contributed by atoms with Crippen LogP contribution in [0.5, 0.6) is 11.5 Å². The molecule has 0 bridgehead atoms. The van der Waals surface area contributed by atoms with E-state index in [1.54, 1.807) is 17.0 Å². The highest BCUT2D eigenvalue weighted by Gasteiger charge is 2.32. The fourth-order valence-electron chi connectivity index (χ4n) is 2.79. The Bertz CT molecular complexity index is 913. The van der Waals surface area contributed by atoms with E-state index < -0.39 is 6.61 Å². The number of hydrogen-bond donors (Lipinski definition) is 0. The van der Waals surface area contributed by atoms with Gasteiger partial charge in [-0.1, -0.05) is 18.2 Å². The lowest BCUT2D eigenvalue weighted by Gasteiger charge is -2.12. The molecule has 0 fully saturated rings. The topological polar surface area (TPSA) is 63.5 Å². The number of anilines is 1. The fourth-order valence-corrected chi connectivity index (χ4v) is 2.79. The van der Waals surface area contributed by atoms with Gasteiger partial charge in [0.1, 0.15) is 0 Å². The Hall–Kier alpha value is -3.29. The number of methoxy groups -OCH3 is 1. The van der Waals surface area contributed by atoms with Crippen molar-refractivity contribution in [2.24, 2.45) is 10.2 Å². The maximum Gasteiger partial charge on any atom is 0.387 e. The highest BCUT2D eigenvalue weighted by Crippen LogP contribution is 2.30. The van der Waals surface area contributed by atoms with E-state index in [0.717, 1.165) is 5.69 Å². The molecule has 0 N–H and O–H groups in total. The highest BCUT2D eigenvalue weighted by atomic mass is 19.3. The van der Waals surface area contributed by atoms with Crippen LogP contribution < -0.4 is 14.4 Å². The van der Waals surface area contributed by atoms with Gasteiger partial charge in [0.2, 0.25) is 0 Å². The third kappa shape index (κ3) is 3.79. The normalized spacial score (nSPS) is 15.1. The minimum absolute atomic E-state index is 0.108. The van der Waals surface area contributed by atoms with Crippen LogP contribution in [0, 0.1) is 0 Å². The van der Waals surface area contributed by atoms with Crippen LogP contribution in [0.3, 0.4) is 0 Å². The minimum atomic E-state index is -2.97. The molecule has 8 heteroatoms. The second kappa shape index (κ2) is 7.94. The zero-order valence-corrected chi connectivity index (χ0v) is 14.7. The zero-order valence-electron chi connectivity index (χ0n) is 14.7. The molecule has 0 aromatic heterocycles. The minimum Gasteiger partial charge on any atom is -0.493 e. The molecule has 3 rings (SSSR count). The first-order chi connectivity index (χ1) is 13.0. The Labute approximate surface area is 154 Å². The van der Waals surface area contributed by atoms with Gasteiger partial charge in [-0.25, -0.2) is 0 Å². The smallest absolute Gasteiger partial charge is 0.387 e. The molecule has 27 heavy (non-hydrogen) atoms. The van der Waals surface area contributed by atoms with Crippen molar-refractivity contribution in [2.45, 2.75) is 13.5 Å². The van der Waals surface area contributed by atoms with E-state index >= 15 is 0 Å². The average Bonchev–Trinajstić information content (AvgIpc) is 2.93. The third-order valence-electron chi connectivity index (χ3n) is 3.98. The van der Waals surface area contributed by atoms with E-state index in [4.69, 9.17) is 4.74 Å². The van der Waals surface area contributed by atoms with Crippen molar-refractivity contribution in [3.8, 4) is 11.5 Å². The number of carbonyl (C=O) groups is 1. The summed E-state index contributed by atoms with van der Waals surface area (Å²) >= 11 is 0. The van der Waals surface area contributed by atoms with Gasteiger partial charge in [-0.05, 0) is 36.8 Å². The van der Waals surface area contributed by atoms with E-state index in [-0.39, 0.29) is 23.1 Å². The molecule has 140 valence electrons. The molecule has 0 aliphatic carbocycles. The Balaban J connectivity index is 1.88. The van der Waals surface area contributed by atoms with Crippen molar-refractivity contribution in [3.63, 3.8) is 0 Å². The van der Waals surface area contributed by atoms with E-state index in [1.807, 2.05) is 25.1 Å². The van der Waals surface area contributed by atoms with E-state index in [9.17, 15) is 13.6 Å². The Morgan fingerprint density at radius 3 is 2.67 bits per heavy atom. The molecular weight excluding hydrogens is 356 g/mol. The van der Waals surface area contributed by atoms with Crippen LogP contribution >= 0.6 is 0 Å². The molecule has 1 heterocycles. The van der Waals surface area contributed by atoms with Gasteiger partial charge in [-0.3, -0.25) is 4.79 Å². The molecule has 1 aliphatic heterocycles. The summed E-state index contributed by atoms with van der Waals surface area (Å²) in [6, 6.07) is 11.8. The summed E-state index contributed by atoms with van der Waals surface area (Å²) in [4.78, 5) is 14.1. The molecule has 0 unspecified atom stereocenters. The van der Waals surface area contributed by atoms with Crippen molar-refractivity contribution in [1.29, 1.82) is 0 Å². The first-order valence-corrected chi connectivity index (χ1v) is 8.20. The van der Waals surface area contributed by atoms with Gasteiger partial charge in [0.05, 0.1) is 19.0 Å². The van der Waals surface area contributed by atoms with Gasteiger partial charge in [-0.15, -0.1) is 5.10 Å². The van der Waals surface area contributed by atoms with Crippen molar-refractivity contribution >= 4 is 23.5 Å². The second-order valence-electron chi connectivity index (χ2n) is 5.55. The van der Waals surface area contributed by atoms with Crippen molar-refractivity contribution in [3.05, 3.63) is 53.6 Å². The number of hydrogen-bond acceptors (Lipinski definition) is 5. The number of benzene rings is 2. The molecule has 2 aromatic rings. The van der Waals surface area contributed by atoms with E-state index in [0.29, 0.717) is 17.7 Å². The van der Waals surface area contributed by atoms with Crippen LogP contribution in [0.1, 0.15) is 18.1 Å². The molecule has 0 atom stereocenters. The number of halogens is 2. The second-order valence-corrected chi connectivity index (χ2v) is 5.55. The number of nitrogens with zero attached hydrogens (tertiary/aromatic N) is 3. The molecule has 0 saturated heterocycles. The number of amides is 1. The number of carbonyl (C=O) groups excluding carboxylic acids is 1. The molecule has 6 nitrogen and oxygen atoms in total. The molecule has 0 saturated carbocycles. The standard InChI is InChI=1S/C19H17F2N3O3/c1-3-24-14-7-5-4-6-13(14)17(18(24)25)23-22-11-12-8-9-15(26-2)16(10-12)27-19(20)21/h4-11,19H,3H2,1-2H3/b22-11-,23-17+. The summed E-state index contributed by atoms with van der Waals surface area (Å²) in [7, 11) is 1.36. The van der Waals surface area contributed by atoms with Gasteiger partial charge in [0.15, 0.2) is 17.2 Å². The zero-order chi connectivity index (χ0) is 19.4. The first-order valence-electron chi connectivity index (χ1n) is 8.20. The van der Waals surface area contributed by atoms with E-state index in [1.165, 1.54) is 25.5 Å². The summed E-state index contributed by atoms with van der Waals surface area (Å²) in [6.45, 7) is -0.576. The quantitative estimate of drug-likeness (QED) is 0.575. The number of para-hydroxylation sites is 1. The lowest BCUT2D eigenvalue weighted by molar-refractivity contribution is -0.112. The Morgan fingerprint density at radius 2 is 1.96 bits per heavy atom. The summed E-state index contributed by atoms with van der Waals surface area (Å²) < 4.78 is 34.4. The summed E-state index contributed by atoms with van der Waals surface area (Å²) in [6.07, 6.45) is 1.36. The van der Waals surface area contributed by atoms with Gasteiger partial charge in [0, 0.05) is 12.1 Å². The van der Waals surface area contributed by atoms with Crippen molar-refractivity contribution in [2.75, 3.05) is 18.6 Å². The van der Waals surface area contributed by atoms with Gasteiger partial charge in [0.25, 0.3) is 5.91 Å². The maximum absolute atomic E-state index is 12.5. The van der Waals surface area contributed by atoms with Gasteiger partial charge < -0.3 is 14.4 Å². The van der Waals surface area contributed by atoms with Crippen LogP contribution in [0.15, 0.2) is 52.7 Å². The predicted octanol–water partition coefficient (Wildman–Crippen LogP) is 3.49. The van der Waals surface area contributed by atoms with Gasteiger partial charge in [-0.2, -0.15) is 13.9 Å².